The van der Waals surface area contributed by atoms with E-state index < -0.39 is 0 Å². The molecule has 0 saturated carbocycles. The summed E-state index contributed by atoms with van der Waals surface area (Å²) in [6, 6.07) is 21.2. The van der Waals surface area contributed by atoms with E-state index in [0.29, 0.717) is 42.6 Å². The third-order valence-electron chi connectivity index (χ3n) is 4.55. The van der Waals surface area contributed by atoms with Crippen molar-refractivity contribution in [3.05, 3.63) is 92.0 Å². The standard InChI is InChI=1S/C25H24ClIN2O3/c1-2-31-23-15-19(16-28-29-24(30)13-12-18-8-4-3-5-9-18)14-22(27)25(23)32-17-20-10-6-7-11-21(20)26/h3-11,14-16H,2,12-13,17H2,1H3,(H,29,30)/b28-16-. The number of nitrogens with one attached hydrogen (secondary N) is 1. The predicted octanol–water partition coefficient (Wildman–Crippen LogP) is 6.01. The van der Waals surface area contributed by atoms with Gasteiger partial charge >= 0.3 is 0 Å². The zero-order valence-electron chi connectivity index (χ0n) is 17.7. The van der Waals surface area contributed by atoms with Crippen LogP contribution in [0.15, 0.2) is 71.8 Å². The fourth-order valence-corrected chi connectivity index (χ4v) is 3.94. The molecular weight excluding hydrogens is 539 g/mol. The molecule has 1 N–H and O–H groups in total. The Morgan fingerprint density at radius 1 is 1.09 bits per heavy atom. The van der Waals surface area contributed by atoms with Gasteiger partial charge in [0.25, 0.3) is 0 Å². The monoisotopic (exact) mass is 562 g/mol. The van der Waals surface area contributed by atoms with Gasteiger partial charge in [-0.25, -0.2) is 5.43 Å². The number of hydrogen-bond donors (Lipinski definition) is 1. The number of carbonyl (C=O) groups is 1. The topological polar surface area (TPSA) is 59.9 Å². The van der Waals surface area contributed by atoms with Crippen LogP contribution in [0.2, 0.25) is 5.02 Å². The first-order valence-electron chi connectivity index (χ1n) is 10.2. The minimum absolute atomic E-state index is 0.135. The molecule has 3 aromatic rings. The molecule has 7 heteroatoms. The first-order chi connectivity index (χ1) is 15.6. The summed E-state index contributed by atoms with van der Waals surface area (Å²) in [5.74, 6) is 1.13. The largest absolute Gasteiger partial charge is 0.490 e. The molecule has 0 aliphatic carbocycles. The lowest BCUT2D eigenvalue weighted by atomic mass is 10.1. The van der Waals surface area contributed by atoms with Gasteiger partial charge in [-0.3, -0.25) is 4.79 Å². The number of nitrogens with zero attached hydrogens (tertiary/aromatic N) is 1. The van der Waals surface area contributed by atoms with E-state index in [0.717, 1.165) is 20.3 Å². The van der Waals surface area contributed by atoms with Gasteiger partial charge in [-0.05, 0) is 65.3 Å². The minimum atomic E-state index is -0.135. The van der Waals surface area contributed by atoms with Gasteiger partial charge in [0.05, 0.1) is 16.4 Å². The molecule has 0 aliphatic rings. The second-order valence-electron chi connectivity index (χ2n) is 6.92. The second kappa shape index (κ2) is 12.5. The maximum Gasteiger partial charge on any atom is 0.240 e. The maximum atomic E-state index is 12.1. The average molecular weight is 563 g/mol. The fraction of sp³-hybridized carbons (Fsp3) is 0.200. The van der Waals surface area contributed by atoms with E-state index in [4.69, 9.17) is 21.1 Å². The smallest absolute Gasteiger partial charge is 0.240 e. The van der Waals surface area contributed by atoms with E-state index in [9.17, 15) is 4.79 Å². The molecule has 32 heavy (non-hydrogen) atoms. The van der Waals surface area contributed by atoms with Crippen LogP contribution < -0.4 is 14.9 Å². The Morgan fingerprint density at radius 2 is 1.84 bits per heavy atom. The third-order valence-corrected chi connectivity index (χ3v) is 5.72. The molecule has 1 amide bonds. The number of ether oxygens (including phenoxy) is 2. The average Bonchev–Trinajstić information content (AvgIpc) is 2.79. The zero-order valence-corrected chi connectivity index (χ0v) is 20.6. The van der Waals surface area contributed by atoms with Crippen LogP contribution in [0.5, 0.6) is 11.5 Å². The minimum Gasteiger partial charge on any atom is -0.490 e. The molecule has 0 spiro atoms. The van der Waals surface area contributed by atoms with Gasteiger partial charge in [0.1, 0.15) is 6.61 Å². The molecule has 0 unspecified atom stereocenters. The lowest BCUT2D eigenvalue weighted by molar-refractivity contribution is -0.121. The highest BCUT2D eigenvalue weighted by molar-refractivity contribution is 14.1. The summed E-state index contributed by atoms with van der Waals surface area (Å²) in [6.07, 6.45) is 2.65. The predicted molar refractivity (Wildman–Crippen MR) is 137 cm³/mol. The summed E-state index contributed by atoms with van der Waals surface area (Å²) in [5, 5.41) is 4.75. The molecule has 3 aromatic carbocycles. The van der Waals surface area contributed by atoms with Crippen LogP contribution in [0.3, 0.4) is 0 Å². The zero-order chi connectivity index (χ0) is 22.8. The highest BCUT2D eigenvalue weighted by atomic mass is 127. The van der Waals surface area contributed by atoms with Gasteiger partial charge < -0.3 is 9.47 Å². The number of rotatable bonds is 10. The van der Waals surface area contributed by atoms with Crippen molar-refractivity contribution < 1.29 is 14.3 Å². The Hall–Kier alpha value is -2.58. The van der Waals surface area contributed by atoms with Crippen LogP contribution in [0.25, 0.3) is 0 Å². The van der Waals surface area contributed by atoms with Crippen LogP contribution in [0.1, 0.15) is 30.0 Å². The normalized spacial score (nSPS) is 10.8. The molecule has 0 radical (unpaired) electrons. The SMILES string of the molecule is CCOc1cc(/C=N\NC(=O)CCc2ccccc2)cc(I)c1OCc1ccccc1Cl. The van der Waals surface area contributed by atoms with Crippen LogP contribution in [0.4, 0.5) is 0 Å². The highest BCUT2D eigenvalue weighted by Gasteiger charge is 2.13. The summed E-state index contributed by atoms with van der Waals surface area (Å²) in [7, 11) is 0. The Kier molecular flexibility index (Phi) is 9.37. The molecular formula is C25H24ClIN2O3. The number of carbonyl (C=O) groups excluding carboxylic acids is 1. The molecule has 0 fully saturated rings. The van der Waals surface area contributed by atoms with Crippen LogP contribution >= 0.6 is 34.2 Å². The highest BCUT2D eigenvalue weighted by Crippen LogP contribution is 2.35. The third kappa shape index (κ3) is 7.24. The Bertz CT molecular complexity index is 1070. The number of hydrogen-bond acceptors (Lipinski definition) is 4. The quantitative estimate of drug-likeness (QED) is 0.187. The van der Waals surface area contributed by atoms with Crippen molar-refractivity contribution in [3.8, 4) is 11.5 Å². The first-order valence-corrected chi connectivity index (χ1v) is 11.7. The fourth-order valence-electron chi connectivity index (χ4n) is 2.97. The van der Waals surface area contributed by atoms with Crippen LogP contribution in [-0.4, -0.2) is 18.7 Å². The van der Waals surface area contributed by atoms with E-state index in [1.54, 1.807) is 6.21 Å². The molecule has 0 heterocycles. The summed E-state index contributed by atoms with van der Waals surface area (Å²) in [6.45, 7) is 2.74. The van der Waals surface area contributed by atoms with E-state index in [1.807, 2.05) is 73.7 Å². The Labute approximate surface area is 206 Å². The summed E-state index contributed by atoms with van der Waals surface area (Å²) in [4.78, 5) is 12.1. The summed E-state index contributed by atoms with van der Waals surface area (Å²) < 4.78 is 12.7. The van der Waals surface area contributed by atoms with E-state index in [1.165, 1.54) is 0 Å². The number of benzene rings is 3. The van der Waals surface area contributed by atoms with Crippen LogP contribution in [-0.2, 0) is 17.8 Å². The molecule has 5 nitrogen and oxygen atoms in total. The summed E-state index contributed by atoms with van der Waals surface area (Å²) in [5.41, 5.74) is 5.40. The molecule has 0 aliphatic heterocycles. The van der Waals surface area contributed by atoms with Crippen molar-refractivity contribution in [1.29, 1.82) is 0 Å². The molecule has 0 saturated heterocycles. The van der Waals surface area contributed by atoms with Crippen LogP contribution in [0, 0.1) is 3.57 Å². The van der Waals surface area contributed by atoms with Crippen molar-refractivity contribution in [2.24, 2.45) is 5.10 Å². The van der Waals surface area contributed by atoms with Gasteiger partial charge in [-0.2, -0.15) is 5.10 Å². The Morgan fingerprint density at radius 3 is 2.59 bits per heavy atom. The molecule has 166 valence electrons. The number of aryl methyl sites for hydroxylation is 1. The van der Waals surface area contributed by atoms with E-state index >= 15 is 0 Å². The van der Waals surface area contributed by atoms with E-state index in [-0.39, 0.29) is 5.91 Å². The number of hydrazone groups is 1. The van der Waals surface area contributed by atoms with Gasteiger partial charge in [-0.1, -0.05) is 60.1 Å². The lowest BCUT2D eigenvalue weighted by Crippen LogP contribution is -2.17. The van der Waals surface area contributed by atoms with Crippen molar-refractivity contribution in [1.82, 2.24) is 5.43 Å². The number of amides is 1. The van der Waals surface area contributed by atoms with Gasteiger partial charge in [0.2, 0.25) is 5.91 Å². The van der Waals surface area contributed by atoms with Gasteiger partial charge in [-0.15, -0.1) is 0 Å². The van der Waals surface area contributed by atoms with E-state index in [2.05, 4.69) is 33.1 Å². The second-order valence-corrected chi connectivity index (χ2v) is 8.49. The molecule has 0 bridgehead atoms. The Balaban J connectivity index is 1.62. The van der Waals surface area contributed by atoms with Crippen molar-refractivity contribution in [3.63, 3.8) is 0 Å². The molecule has 3 rings (SSSR count). The number of halogens is 2. The van der Waals surface area contributed by atoms with Gasteiger partial charge in [0, 0.05) is 17.0 Å². The molecule has 0 atom stereocenters. The first kappa shape index (κ1) is 24.1. The van der Waals surface area contributed by atoms with Crippen molar-refractivity contribution >= 4 is 46.3 Å². The maximum absolute atomic E-state index is 12.1. The summed E-state index contributed by atoms with van der Waals surface area (Å²) >= 11 is 8.43. The van der Waals surface area contributed by atoms with Crippen molar-refractivity contribution in [2.75, 3.05) is 6.61 Å². The molecule has 0 aromatic heterocycles. The van der Waals surface area contributed by atoms with Gasteiger partial charge in [0.15, 0.2) is 11.5 Å². The lowest BCUT2D eigenvalue weighted by Gasteiger charge is -2.15. The van der Waals surface area contributed by atoms with Crippen molar-refractivity contribution in [2.45, 2.75) is 26.4 Å².